The van der Waals surface area contributed by atoms with Crippen molar-refractivity contribution < 1.29 is 0 Å². The summed E-state index contributed by atoms with van der Waals surface area (Å²) >= 11 is 3.50. The maximum atomic E-state index is 5.72. The fourth-order valence-electron chi connectivity index (χ4n) is 2.24. The predicted octanol–water partition coefficient (Wildman–Crippen LogP) is 3.52. The molecule has 0 aliphatic rings. The number of nitrogens with zero attached hydrogens (tertiary/aromatic N) is 2. The Labute approximate surface area is 117 Å². The first kappa shape index (κ1) is 13.6. The SMILES string of the molecule is CC(CN)Cc1nc2cc(Br)ccc2n1C(C)C. The zero-order valence-electron chi connectivity index (χ0n) is 11.2. The van der Waals surface area contributed by atoms with Crippen LogP contribution in [0, 0.1) is 5.92 Å². The summed E-state index contributed by atoms with van der Waals surface area (Å²) in [6.45, 7) is 7.25. The Balaban J connectivity index is 2.54. The lowest BCUT2D eigenvalue weighted by Crippen LogP contribution is -2.16. The number of hydrogen-bond acceptors (Lipinski definition) is 2. The second-order valence-electron chi connectivity index (χ2n) is 5.17. The van der Waals surface area contributed by atoms with E-state index >= 15 is 0 Å². The third kappa shape index (κ3) is 2.59. The largest absolute Gasteiger partial charge is 0.330 e. The van der Waals surface area contributed by atoms with Gasteiger partial charge in [-0.2, -0.15) is 0 Å². The van der Waals surface area contributed by atoms with Gasteiger partial charge in [-0.3, -0.25) is 0 Å². The molecule has 1 aromatic heterocycles. The molecule has 1 aromatic carbocycles. The van der Waals surface area contributed by atoms with Gasteiger partial charge < -0.3 is 10.3 Å². The van der Waals surface area contributed by atoms with E-state index in [0.29, 0.717) is 18.5 Å². The molecular formula is C14H20BrN3. The predicted molar refractivity (Wildman–Crippen MR) is 79.7 cm³/mol. The van der Waals surface area contributed by atoms with E-state index < -0.39 is 0 Å². The van der Waals surface area contributed by atoms with Crippen molar-refractivity contribution in [2.45, 2.75) is 33.2 Å². The molecule has 0 saturated carbocycles. The molecule has 1 unspecified atom stereocenters. The standard InChI is InChI=1S/C14H20BrN3/c1-9(2)18-13-5-4-11(15)7-12(13)17-14(18)6-10(3)8-16/h4-5,7,9-10H,6,8,16H2,1-3H3. The van der Waals surface area contributed by atoms with Crippen LogP contribution in [0.25, 0.3) is 11.0 Å². The Kier molecular flexibility index (Phi) is 4.07. The van der Waals surface area contributed by atoms with Gasteiger partial charge in [-0.25, -0.2) is 4.98 Å². The highest BCUT2D eigenvalue weighted by molar-refractivity contribution is 9.10. The molecule has 2 N–H and O–H groups in total. The first-order valence-electron chi connectivity index (χ1n) is 6.39. The Morgan fingerprint density at radius 3 is 2.67 bits per heavy atom. The molecule has 1 heterocycles. The van der Waals surface area contributed by atoms with Crippen molar-refractivity contribution in [3.63, 3.8) is 0 Å². The summed E-state index contributed by atoms with van der Waals surface area (Å²) in [4.78, 5) is 4.76. The van der Waals surface area contributed by atoms with Crippen molar-refractivity contribution in [1.82, 2.24) is 9.55 Å². The van der Waals surface area contributed by atoms with Crippen LogP contribution >= 0.6 is 15.9 Å². The molecule has 4 heteroatoms. The van der Waals surface area contributed by atoms with Crippen LogP contribution < -0.4 is 5.73 Å². The third-order valence-corrected chi connectivity index (χ3v) is 3.67. The smallest absolute Gasteiger partial charge is 0.110 e. The Hall–Kier alpha value is -0.870. The number of hydrogen-bond donors (Lipinski definition) is 1. The van der Waals surface area contributed by atoms with Crippen LogP contribution in [0.4, 0.5) is 0 Å². The minimum atomic E-state index is 0.413. The quantitative estimate of drug-likeness (QED) is 0.939. The maximum absolute atomic E-state index is 5.72. The first-order chi connectivity index (χ1) is 8.52. The summed E-state index contributed by atoms with van der Waals surface area (Å²) < 4.78 is 3.38. The van der Waals surface area contributed by atoms with Crippen molar-refractivity contribution in [3.05, 3.63) is 28.5 Å². The van der Waals surface area contributed by atoms with Crippen LogP contribution in [0.3, 0.4) is 0 Å². The van der Waals surface area contributed by atoms with Crippen LogP contribution in [0.15, 0.2) is 22.7 Å². The third-order valence-electron chi connectivity index (χ3n) is 3.17. The summed E-state index contributed by atoms with van der Waals surface area (Å²) in [5.74, 6) is 1.60. The van der Waals surface area contributed by atoms with Crippen molar-refractivity contribution in [2.75, 3.05) is 6.54 Å². The van der Waals surface area contributed by atoms with Crippen LogP contribution in [0.1, 0.15) is 32.6 Å². The van der Waals surface area contributed by atoms with E-state index in [1.807, 2.05) is 0 Å². The fraction of sp³-hybridized carbons (Fsp3) is 0.500. The average Bonchev–Trinajstić information content (AvgIpc) is 2.65. The molecule has 2 rings (SSSR count). The molecule has 0 fully saturated rings. The molecule has 98 valence electrons. The topological polar surface area (TPSA) is 43.8 Å². The molecule has 0 radical (unpaired) electrons. The van der Waals surface area contributed by atoms with Gasteiger partial charge in [-0.15, -0.1) is 0 Å². The second kappa shape index (κ2) is 5.41. The molecule has 18 heavy (non-hydrogen) atoms. The minimum absolute atomic E-state index is 0.413. The Bertz CT molecular complexity index is 545. The highest BCUT2D eigenvalue weighted by atomic mass is 79.9. The van der Waals surface area contributed by atoms with Crippen molar-refractivity contribution >= 4 is 27.0 Å². The maximum Gasteiger partial charge on any atom is 0.110 e. The summed E-state index contributed by atoms with van der Waals surface area (Å²) in [6, 6.07) is 6.68. The zero-order chi connectivity index (χ0) is 13.3. The molecular weight excluding hydrogens is 290 g/mol. The van der Waals surface area contributed by atoms with E-state index in [1.54, 1.807) is 0 Å². The van der Waals surface area contributed by atoms with Gasteiger partial charge >= 0.3 is 0 Å². The van der Waals surface area contributed by atoms with Gasteiger partial charge in [-0.1, -0.05) is 22.9 Å². The number of halogens is 1. The van der Waals surface area contributed by atoms with Crippen molar-refractivity contribution in [1.29, 1.82) is 0 Å². The lowest BCUT2D eigenvalue weighted by molar-refractivity contribution is 0.521. The molecule has 0 aliphatic heterocycles. The van der Waals surface area contributed by atoms with Gasteiger partial charge in [0.25, 0.3) is 0 Å². The highest BCUT2D eigenvalue weighted by Crippen LogP contribution is 2.25. The van der Waals surface area contributed by atoms with E-state index in [0.717, 1.165) is 22.2 Å². The molecule has 2 aromatic rings. The fourth-order valence-corrected chi connectivity index (χ4v) is 2.59. The lowest BCUT2D eigenvalue weighted by Gasteiger charge is -2.15. The normalized spacial score (nSPS) is 13.4. The van der Waals surface area contributed by atoms with E-state index in [2.05, 4.69) is 59.5 Å². The lowest BCUT2D eigenvalue weighted by atomic mass is 10.1. The summed E-state index contributed by atoms with van der Waals surface area (Å²) in [7, 11) is 0. The molecule has 0 spiro atoms. The number of benzene rings is 1. The molecule has 1 atom stereocenters. The monoisotopic (exact) mass is 309 g/mol. The van der Waals surface area contributed by atoms with Crippen molar-refractivity contribution in [3.8, 4) is 0 Å². The summed E-state index contributed by atoms with van der Waals surface area (Å²) in [6.07, 6.45) is 0.932. The summed E-state index contributed by atoms with van der Waals surface area (Å²) in [5, 5.41) is 0. The van der Waals surface area contributed by atoms with E-state index in [4.69, 9.17) is 10.7 Å². The number of rotatable bonds is 4. The first-order valence-corrected chi connectivity index (χ1v) is 7.18. The van der Waals surface area contributed by atoms with Crippen LogP contribution in [-0.2, 0) is 6.42 Å². The van der Waals surface area contributed by atoms with E-state index in [-0.39, 0.29) is 0 Å². The Morgan fingerprint density at radius 1 is 1.33 bits per heavy atom. The van der Waals surface area contributed by atoms with Crippen LogP contribution in [-0.4, -0.2) is 16.1 Å². The molecule has 3 nitrogen and oxygen atoms in total. The van der Waals surface area contributed by atoms with Gasteiger partial charge in [-0.05, 0) is 44.5 Å². The van der Waals surface area contributed by atoms with Crippen LogP contribution in [0.5, 0.6) is 0 Å². The summed E-state index contributed by atoms with van der Waals surface area (Å²) in [5.41, 5.74) is 7.97. The van der Waals surface area contributed by atoms with E-state index in [9.17, 15) is 0 Å². The molecule has 0 aliphatic carbocycles. The molecule has 0 amide bonds. The number of aromatic nitrogens is 2. The Morgan fingerprint density at radius 2 is 2.06 bits per heavy atom. The zero-order valence-corrected chi connectivity index (χ0v) is 12.7. The number of imidazole rings is 1. The van der Waals surface area contributed by atoms with Gasteiger partial charge in [0, 0.05) is 16.9 Å². The van der Waals surface area contributed by atoms with Gasteiger partial charge in [0.1, 0.15) is 5.82 Å². The highest BCUT2D eigenvalue weighted by Gasteiger charge is 2.15. The number of fused-ring (bicyclic) bond motifs is 1. The average molecular weight is 310 g/mol. The van der Waals surface area contributed by atoms with Gasteiger partial charge in [0.05, 0.1) is 11.0 Å². The number of nitrogens with two attached hydrogens (primary N) is 1. The molecule has 0 saturated heterocycles. The molecule has 0 bridgehead atoms. The minimum Gasteiger partial charge on any atom is -0.330 e. The second-order valence-corrected chi connectivity index (χ2v) is 6.09. The van der Waals surface area contributed by atoms with Crippen LogP contribution in [0.2, 0.25) is 0 Å². The van der Waals surface area contributed by atoms with Crippen molar-refractivity contribution in [2.24, 2.45) is 11.7 Å². The van der Waals surface area contributed by atoms with E-state index in [1.165, 1.54) is 5.52 Å². The van der Waals surface area contributed by atoms with Gasteiger partial charge in [0.2, 0.25) is 0 Å². The van der Waals surface area contributed by atoms with Gasteiger partial charge in [0.15, 0.2) is 0 Å².